The zero-order valence-corrected chi connectivity index (χ0v) is 10.6. The molecule has 0 unspecified atom stereocenters. The van der Waals surface area contributed by atoms with Crippen molar-refractivity contribution in [3.63, 3.8) is 0 Å². The predicted octanol–water partition coefficient (Wildman–Crippen LogP) is 3.53. The van der Waals surface area contributed by atoms with Crippen LogP contribution in [0.3, 0.4) is 0 Å². The van der Waals surface area contributed by atoms with Gasteiger partial charge in [0.25, 0.3) is 0 Å². The number of aldehydes is 1. The van der Waals surface area contributed by atoms with E-state index < -0.39 is 0 Å². The molecule has 0 fully saturated rings. The van der Waals surface area contributed by atoms with Crippen LogP contribution >= 0.6 is 0 Å². The van der Waals surface area contributed by atoms with Gasteiger partial charge in [-0.05, 0) is 31.4 Å². The fourth-order valence-electron chi connectivity index (χ4n) is 1.70. The van der Waals surface area contributed by atoms with Crippen LogP contribution in [0.4, 0.5) is 0 Å². The Bertz CT molecular complexity index is 423. The van der Waals surface area contributed by atoms with E-state index >= 15 is 0 Å². The summed E-state index contributed by atoms with van der Waals surface area (Å²) >= 11 is 0. The Kier molecular flexibility index (Phi) is 4.83. The molecule has 0 spiro atoms. The molecule has 0 radical (unpaired) electrons. The molecule has 0 aromatic heterocycles. The molecule has 0 aliphatic carbocycles. The predicted molar refractivity (Wildman–Crippen MR) is 69.3 cm³/mol. The summed E-state index contributed by atoms with van der Waals surface area (Å²) < 4.78 is 0. The zero-order chi connectivity index (χ0) is 12.8. The number of benzene rings is 1. The van der Waals surface area contributed by atoms with Crippen molar-refractivity contribution in [2.24, 2.45) is 0 Å². The maximum absolute atomic E-state index is 11.6. The van der Waals surface area contributed by atoms with Crippen LogP contribution in [0.1, 0.15) is 49.0 Å². The van der Waals surface area contributed by atoms with E-state index in [0.29, 0.717) is 12.0 Å². The second kappa shape index (κ2) is 6.14. The van der Waals surface area contributed by atoms with Crippen LogP contribution in [0.5, 0.6) is 0 Å². The number of carbonyl (C=O) groups excluding carboxylic acids is 2. The van der Waals surface area contributed by atoms with Gasteiger partial charge in [0.1, 0.15) is 6.29 Å². The van der Waals surface area contributed by atoms with E-state index in [0.717, 1.165) is 17.4 Å². The first-order chi connectivity index (χ1) is 8.02. The Hall–Kier alpha value is -1.70. The number of carbonyl (C=O) groups is 2. The third-order valence-corrected chi connectivity index (χ3v) is 2.60. The van der Waals surface area contributed by atoms with Gasteiger partial charge in [-0.2, -0.15) is 0 Å². The maximum atomic E-state index is 11.6. The van der Waals surface area contributed by atoms with Gasteiger partial charge in [0.15, 0.2) is 5.78 Å². The monoisotopic (exact) mass is 230 g/mol. The highest BCUT2D eigenvalue weighted by Gasteiger charge is 2.09. The molecule has 2 heteroatoms. The summed E-state index contributed by atoms with van der Waals surface area (Å²) in [5, 5.41) is 0. The molecule has 0 amide bonds. The minimum absolute atomic E-state index is 0.150. The van der Waals surface area contributed by atoms with Crippen LogP contribution in [-0.2, 0) is 4.79 Å². The average molecular weight is 230 g/mol. The lowest BCUT2D eigenvalue weighted by Crippen LogP contribution is -2.02. The highest BCUT2D eigenvalue weighted by Crippen LogP contribution is 2.19. The van der Waals surface area contributed by atoms with Crippen LogP contribution in [0.25, 0.3) is 0 Å². The average Bonchev–Trinajstić information content (AvgIpc) is 2.28. The summed E-state index contributed by atoms with van der Waals surface area (Å²) in [6.07, 6.45) is 3.00. The lowest BCUT2D eigenvalue weighted by molar-refractivity contribution is -0.114. The van der Waals surface area contributed by atoms with Crippen molar-refractivity contribution in [2.45, 2.75) is 33.1 Å². The quantitative estimate of drug-likeness (QED) is 0.573. The molecule has 17 heavy (non-hydrogen) atoms. The standard InChI is InChI=1S/C15H18O2/c1-11(2)8-15(17)9-12(3)14-6-4-13(10-16)5-7-14/h4-8,10,12H,9H2,1-3H3/t12-/m0/s1. The first kappa shape index (κ1) is 13.4. The van der Waals surface area contributed by atoms with Gasteiger partial charge in [0.2, 0.25) is 0 Å². The fourth-order valence-corrected chi connectivity index (χ4v) is 1.70. The van der Waals surface area contributed by atoms with E-state index in [1.54, 1.807) is 18.2 Å². The first-order valence-corrected chi connectivity index (χ1v) is 5.76. The molecular weight excluding hydrogens is 212 g/mol. The van der Waals surface area contributed by atoms with Crippen molar-refractivity contribution in [2.75, 3.05) is 0 Å². The summed E-state index contributed by atoms with van der Waals surface area (Å²) in [6.45, 7) is 5.86. The number of hydrogen-bond donors (Lipinski definition) is 0. The third kappa shape index (κ3) is 4.35. The molecule has 0 aliphatic heterocycles. The van der Waals surface area contributed by atoms with Crippen LogP contribution in [0.2, 0.25) is 0 Å². The Morgan fingerprint density at radius 1 is 1.24 bits per heavy atom. The maximum Gasteiger partial charge on any atom is 0.156 e. The van der Waals surface area contributed by atoms with Gasteiger partial charge < -0.3 is 0 Å². The molecule has 0 N–H and O–H groups in total. The van der Waals surface area contributed by atoms with E-state index in [-0.39, 0.29) is 11.7 Å². The summed E-state index contributed by atoms with van der Waals surface area (Å²) in [4.78, 5) is 22.2. The van der Waals surface area contributed by atoms with E-state index in [9.17, 15) is 9.59 Å². The zero-order valence-electron chi connectivity index (χ0n) is 10.6. The summed E-state index contributed by atoms with van der Waals surface area (Å²) in [5.41, 5.74) is 2.78. The molecular formula is C15H18O2. The van der Waals surface area contributed by atoms with Crippen LogP contribution in [0, 0.1) is 0 Å². The topological polar surface area (TPSA) is 34.1 Å². The van der Waals surface area contributed by atoms with Crippen molar-refractivity contribution in [1.82, 2.24) is 0 Å². The number of hydrogen-bond acceptors (Lipinski definition) is 2. The Morgan fingerprint density at radius 3 is 2.29 bits per heavy atom. The third-order valence-electron chi connectivity index (χ3n) is 2.60. The molecule has 0 aliphatic rings. The largest absolute Gasteiger partial charge is 0.298 e. The molecule has 1 rings (SSSR count). The van der Waals surface area contributed by atoms with Crippen LogP contribution in [-0.4, -0.2) is 12.1 Å². The lowest BCUT2D eigenvalue weighted by atomic mass is 9.94. The van der Waals surface area contributed by atoms with Crippen molar-refractivity contribution >= 4 is 12.1 Å². The van der Waals surface area contributed by atoms with E-state index in [2.05, 4.69) is 0 Å². The Balaban J connectivity index is 2.69. The van der Waals surface area contributed by atoms with Crippen molar-refractivity contribution in [1.29, 1.82) is 0 Å². The summed E-state index contributed by atoms with van der Waals surface area (Å²) in [6, 6.07) is 7.38. The van der Waals surface area contributed by atoms with Crippen molar-refractivity contribution < 1.29 is 9.59 Å². The van der Waals surface area contributed by atoms with Gasteiger partial charge in [-0.25, -0.2) is 0 Å². The number of allylic oxidation sites excluding steroid dienone is 2. The van der Waals surface area contributed by atoms with E-state index in [1.807, 2.05) is 32.9 Å². The second-order valence-electron chi connectivity index (χ2n) is 4.58. The molecule has 0 heterocycles. The van der Waals surface area contributed by atoms with E-state index in [1.165, 1.54) is 0 Å². The minimum atomic E-state index is 0.150. The molecule has 1 aromatic rings. The first-order valence-electron chi connectivity index (χ1n) is 5.76. The SMILES string of the molecule is CC(C)=CC(=O)C[C@H](C)c1ccc(C=O)cc1. The van der Waals surface area contributed by atoms with Crippen LogP contribution in [0.15, 0.2) is 35.9 Å². The van der Waals surface area contributed by atoms with Gasteiger partial charge in [-0.3, -0.25) is 9.59 Å². The molecule has 0 bridgehead atoms. The summed E-state index contributed by atoms with van der Waals surface area (Å²) in [5.74, 6) is 0.329. The minimum Gasteiger partial charge on any atom is -0.298 e. The fraction of sp³-hybridized carbons (Fsp3) is 0.333. The second-order valence-corrected chi connectivity index (χ2v) is 4.58. The normalized spacial score (nSPS) is 11.7. The smallest absolute Gasteiger partial charge is 0.156 e. The Labute approximate surface area is 102 Å². The highest BCUT2D eigenvalue weighted by atomic mass is 16.1. The van der Waals surface area contributed by atoms with Crippen LogP contribution < -0.4 is 0 Å². The van der Waals surface area contributed by atoms with Crippen molar-refractivity contribution in [3.8, 4) is 0 Å². The molecule has 90 valence electrons. The molecule has 0 saturated carbocycles. The number of rotatable bonds is 5. The lowest BCUT2D eigenvalue weighted by Gasteiger charge is -2.10. The Morgan fingerprint density at radius 2 is 1.82 bits per heavy atom. The molecule has 0 saturated heterocycles. The van der Waals surface area contributed by atoms with Crippen molar-refractivity contribution in [3.05, 3.63) is 47.0 Å². The van der Waals surface area contributed by atoms with Gasteiger partial charge >= 0.3 is 0 Å². The van der Waals surface area contributed by atoms with Gasteiger partial charge in [0, 0.05) is 12.0 Å². The highest BCUT2D eigenvalue weighted by molar-refractivity contribution is 5.90. The molecule has 1 atom stereocenters. The van der Waals surface area contributed by atoms with Gasteiger partial charge in [-0.15, -0.1) is 0 Å². The number of ketones is 1. The van der Waals surface area contributed by atoms with Gasteiger partial charge in [0.05, 0.1) is 0 Å². The molecule has 1 aromatic carbocycles. The summed E-state index contributed by atoms with van der Waals surface area (Å²) in [7, 11) is 0. The van der Waals surface area contributed by atoms with Gasteiger partial charge in [-0.1, -0.05) is 36.8 Å². The molecule has 2 nitrogen and oxygen atoms in total. The van der Waals surface area contributed by atoms with E-state index in [4.69, 9.17) is 0 Å².